The fourth-order valence-electron chi connectivity index (χ4n) is 1.84. The van der Waals surface area contributed by atoms with E-state index >= 15 is 0 Å². The van der Waals surface area contributed by atoms with Crippen molar-refractivity contribution < 1.29 is 14.6 Å². The number of benzene rings is 1. The molecule has 0 saturated heterocycles. The predicted octanol–water partition coefficient (Wildman–Crippen LogP) is 4.37. The average Bonchev–Trinajstić information content (AvgIpc) is 2.75. The van der Waals surface area contributed by atoms with Crippen molar-refractivity contribution in [2.75, 3.05) is 14.2 Å². The van der Waals surface area contributed by atoms with Crippen LogP contribution in [0.5, 0.6) is 11.5 Å². The predicted molar refractivity (Wildman–Crippen MR) is 83.3 cm³/mol. The Morgan fingerprint density at radius 1 is 1.16 bits per heavy atom. The Morgan fingerprint density at radius 2 is 1.74 bits per heavy atom. The number of aliphatic hydroxyl groups is 1. The molecule has 0 saturated carbocycles. The Kier molecular flexibility index (Phi) is 4.89. The third-order valence-electron chi connectivity index (χ3n) is 2.72. The van der Waals surface area contributed by atoms with Crippen molar-refractivity contribution in [1.82, 2.24) is 0 Å². The Labute approximate surface area is 132 Å². The van der Waals surface area contributed by atoms with Crippen LogP contribution in [0, 0.1) is 0 Å². The van der Waals surface area contributed by atoms with Crippen molar-refractivity contribution in [1.29, 1.82) is 0 Å². The third-order valence-corrected chi connectivity index (χ3v) is 5.10. The number of thiophene rings is 1. The van der Waals surface area contributed by atoms with Crippen LogP contribution < -0.4 is 9.47 Å². The lowest BCUT2D eigenvalue weighted by molar-refractivity contribution is 0.208. The molecule has 0 amide bonds. The monoisotopic (exact) mass is 406 g/mol. The summed E-state index contributed by atoms with van der Waals surface area (Å²) < 4.78 is 12.4. The molecule has 0 bridgehead atoms. The molecule has 1 unspecified atom stereocenters. The molecule has 2 rings (SSSR count). The average molecular weight is 408 g/mol. The molecule has 1 aromatic carbocycles. The molecular weight excluding hydrogens is 396 g/mol. The van der Waals surface area contributed by atoms with Crippen LogP contribution in [-0.2, 0) is 0 Å². The summed E-state index contributed by atoms with van der Waals surface area (Å²) in [6.45, 7) is 0. The van der Waals surface area contributed by atoms with Gasteiger partial charge in [0, 0.05) is 5.56 Å². The standard InChI is InChI=1S/C13H12Br2O3S/c1-17-8-4-3-5-9(18-2)11(8)12(16)7-6-10(14)19-13(7)15/h3-6,12,16H,1-2H3. The van der Waals surface area contributed by atoms with Crippen LogP contribution in [0.25, 0.3) is 0 Å². The molecule has 2 aromatic rings. The zero-order chi connectivity index (χ0) is 14.0. The number of ether oxygens (including phenoxy) is 2. The van der Waals surface area contributed by atoms with E-state index in [2.05, 4.69) is 31.9 Å². The van der Waals surface area contributed by atoms with Gasteiger partial charge in [0.1, 0.15) is 17.6 Å². The molecule has 1 atom stereocenters. The Bertz CT molecular complexity index is 561. The van der Waals surface area contributed by atoms with Gasteiger partial charge in [-0.25, -0.2) is 0 Å². The molecule has 0 radical (unpaired) electrons. The van der Waals surface area contributed by atoms with E-state index in [-0.39, 0.29) is 0 Å². The van der Waals surface area contributed by atoms with E-state index in [1.807, 2.05) is 12.1 Å². The highest BCUT2D eigenvalue weighted by molar-refractivity contribution is 9.12. The molecule has 0 spiro atoms. The maximum atomic E-state index is 10.6. The molecule has 102 valence electrons. The van der Waals surface area contributed by atoms with Gasteiger partial charge in [-0.05, 0) is 50.1 Å². The summed E-state index contributed by atoms with van der Waals surface area (Å²) in [7, 11) is 3.15. The van der Waals surface area contributed by atoms with Crippen molar-refractivity contribution in [2.24, 2.45) is 0 Å². The number of halogens is 2. The SMILES string of the molecule is COc1cccc(OC)c1C(O)c1cc(Br)sc1Br. The van der Waals surface area contributed by atoms with Crippen LogP contribution in [0.15, 0.2) is 31.8 Å². The number of hydrogen-bond donors (Lipinski definition) is 1. The summed E-state index contributed by atoms with van der Waals surface area (Å²) >= 11 is 8.38. The summed E-state index contributed by atoms with van der Waals surface area (Å²) in [6.07, 6.45) is -0.817. The largest absolute Gasteiger partial charge is 0.496 e. The minimum atomic E-state index is -0.817. The maximum Gasteiger partial charge on any atom is 0.128 e. The molecule has 0 aliphatic heterocycles. The van der Waals surface area contributed by atoms with Crippen LogP contribution in [0.2, 0.25) is 0 Å². The first-order chi connectivity index (χ1) is 9.08. The van der Waals surface area contributed by atoms with Crippen LogP contribution >= 0.6 is 43.2 Å². The van der Waals surface area contributed by atoms with Crippen molar-refractivity contribution in [2.45, 2.75) is 6.10 Å². The molecule has 1 heterocycles. The van der Waals surface area contributed by atoms with E-state index in [4.69, 9.17) is 9.47 Å². The van der Waals surface area contributed by atoms with E-state index < -0.39 is 6.10 Å². The lowest BCUT2D eigenvalue weighted by atomic mass is 10.0. The fourth-order valence-corrected chi connectivity index (χ4v) is 4.73. The van der Waals surface area contributed by atoms with Gasteiger partial charge >= 0.3 is 0 Å². The number of rotatable bonds is 4. The highest BCUT2D eigenvalue weighted by atomic mass is 79.9. The van der Waals surface area contributed by atoms with Gasteiger partial charge in [-0.3, -0.25) is 0 Å². The maximum absolute atomic E-state index is 10.6. The van der Waals surface area contributed by atoms with Gasteiger partial charge in [0.15, 0.2) is 0 Å². The Hall–Kier alpha value is -0.560. The van der Waals surface area contributed by atoms with Gasteiger partial charge in [-0.2, -0.15) is 0 Å². The van der Waals surface area contributed by atoms with Gasteiger partial charge < -0.3 is 14.6 Å². The van der Waals surface area contributed by atoms with E-state index in [1.54, 1.807) is 26.4 Å². The van der Waals surface area contributed by atoms with Crippen LogP contribution in [0.3, 0.4) is 0 Å². The lowest BCUT2D eigenvalue weighted by Crippen LogP contribution is -2.04. The summed E-state index contributed by atoms with van der Waals surface area (Å²) in [6, 6.07) is 7.31. The minimum Gasteiger partial charge on any atom is -0.496 e. The number of hydrogen-bond acceptors (Lipinski definition) is 4. The van der Waals surface area contributed by atoms with Gasteiger partial charge in [-0.1, -0.05) is 6.07 Å². The molecule has 0 aliphatic rings. The molecule has 6 heteroatoms. The Balaban J connectivity index is 2.54. The van der Waals surface area contributed by atoms with E-state index in [0.29, 0.717) is 17.1 Å². The normalized spacial score (nSPS) is 12.3. The van der Waals surface area contributed by atoms with Gasteiger partial charge in [0.2, 0.25) is 0 Å². The van der Waals surface area contributed by atoms with Gasteiger partial charge in [-0.15, -0.1) is 11.3 Å². The molecule has 1 N–H and O–H groups in total. The first kappa shape index (κ1) is 14.8. The molecular formula is C13H12Br2O3S. The van der Waals surface area contributed by atoms with Crippen molar-refractivity contribution in [3.63, 3.8) is 0 Å². The van der Waals surface area contributed by atoms with E-state index in [1.165, 1.54) is 11.3 Å². The Morgan fingerprint density at radius 3 is 2.16 bits per heavy atom. The second-order valence-corrected chi connectivity index (χ2v) is 7.51. The van der Waals surface area contributed by atoms with E-state index in [0.717, 1.165) is 13.1 Å². The molecule has 0 aliphatic carbocycles. The van der Waals surface area contributed by atoms with Crippen LogP contribution in [0.1, 0.15) is 17.2 Å². The van der Waals surface area contributed by atoms with E-state index in [9.17, 15) is 5.11 Å². The quantitative estimate of drug-likeness (QED) is 0.817. The van der Waals surface area contributed by atoms with Gasteiger partial charge in [0.25, 0.3) is 0 Å². The summed E-state index contributed by atoms with van der Waals surface area (Å²) in [5, 5.41) is 10.6. The summed E-state index contributed by atoms with van der Waals surface area (Å²) in [5.74, 6) is 1.20. The summed E-state index contributed by atoms with van der Waals surface area (Å²) in [5.41, 5.74) is 1.40. The zero-order valence-electron chi connectivity index (χ0n) is 10.3. The van der Waals surface area contributed by atoms with Crippen LogP contribution in [-0.4, -0.2) is 19.3 Å². The fraction of sp³-hybridized carbons (Fsp3) is 0.231. The first-order valence-corrected chi connectivity index (χ1v) is 7.82. The second-order valence-electron chi connectivity index (χ2n) is 3.76. The first-order valence-electron chi connectivity index (χ1n) is 5.42. The molecule has 0 fully saturated rings. The lowest BCUT2D eigenvalue weighted by Gasteiger charge is -2.17. The topological polar surface area (TPSA) is 38.7 Å². The highest BCUT2D eigenvalue weighted by Crippen LogP contribution is 2.43. The highest BCUT2D eigenvalue weighted by Gasteiger charge is 2.23. The third kappa shape index (κ3) is 2.97. The number of methoxy groups -OCH3 is 2. The van der Waals surface area contributed by atoms with Crippen molar-refractivity contribution >= 4 is 43.2 Å². The number of aliphatic hydroxyl groups excluding tert-OH is 1. The zero-order valence-corrected chi connectivity index (χ0v) is 14.3. The van der Waals surface area contributed by atoms with Crippen molar-refractivity contribution in [3.05, 3.63) is 43.0 Å². The summed E-state index contributed by atoms with van der Waals surface area (Å²) in [4.78, 5) is 0. The molecule has 1 aromatic heterocycles. The van der Waals surface area contributed by atoms with Crippen LogP contribution in [0.4, 0.5) is 0 Å². The van der Waals surface area contributed by atoms with Crippen molar-refractivity contribution in [3.8, 4) is 11.5 Å². The molecule has 19 heavy (non-hydrogen) atoms. The van der Waals surface area contributed by atoms with Gasteiger partial charge in [0.05, 0.1) is 27.4 Å². The smallest absolute Gasteiger partial charge is 0.128 e. The second kappa shape index (κ2) is 6.26. The minimum absolute atomic E-state index is 0.598. The molecule has 3 nitrogen and oxygen atoms in total.